The zero-order chi connectivity index (χ0) is 15.7. The highest BCUT2D eigenvalue weighted by Crippen LogP contribution is 2.30. The molecule has 5 heteroatoms. The summed E-state index contributed by atoms with van der Waals surface area (Å²) in [6, 6.07) is 12.3. The van der Waals surface area contributed by atoms with Crippen molar-refractivity contribution < 1.29 is 19.0 Å². The van der Waals surface area contributed by atoms with E-state index in [0.717, 1.165) is 0 Å². The minimum absolute atomic E-state index is 0.128. The number of nitrogens with zero attached hydrogens (tertiary/aromatic N) is 1. The second-order valence-corrected chi connectivity index (χ2v) is 4.72. The van der Waals surface area contributed by atoms with Gasteiger partial charge < -0.3 is 9.84 Å². The number of carboxylic acids is 1. The van der Waals surface area contributed by atoms with Gasteiger partial charge in [-0.1, -0.05) is 12.1 Å². The smallest absolute Gasteiger partial charge is 0.336 e. The second-order valence-electron chi connectivity index (χ2n) is 4.72. The average Bonchev–Trinajstić information content (AvgIpc) is 2.53. The molecule has 0 atom stereocenters. The minimum Gasteiger partial charge on any atom is -0.494 e. The van der Waals surface area contributed by atoms with Crippen LogP contribution in [0.15, 0.2) is 48.5 Å². The van der Waals surface area contributed by atoms with E-state index in [1.54, 1.807) is 30.3 Å². The highest BCUT2D eigenvalue weighted by molar-refractivity contribution is 6.05. The number of methoxy groups -OCH3 is 1. The first-order valence-corrected chi connectivity index (χ1v) is 6.57. The van der Waals surface area contributed by atoms with Gasteiger partial charge in [0.25, 0.3) is 0 Å². The van der Waals surface area contributed by atoms with E-state index < -0.39 is 5.97 Å². The number of aromatic carboxylic acids is 1. The molecule has 0 unspecified atom stereocenters. The van der Waals surface area contributed by atoms with Gasteiger partial charge >= 0.3 is 5.97 Å². The van der Waals surface area contributed by atoms with Gasteiger partial charge in [0.2, 0.25) is 0 Å². The Morgan fingerprint density at radius 3 is 2.55 bits per heavy atom. The van der Waals surface area contributed by atoms with Crippen molar-refractivity contribution in [3.63, 3.8) is 0 Å². The predicted molar refractivity (Wildman–Crippen MR) is 80.6 cm³/mol. The van der Waals surface area contributed by atoms with E-state index in [0.29, 0.717) is 27.9 Å². The largest absolute Gasteiger partial charge is 0.494 e. The molecule has 0 saturated carbocycles. The summed E-state index contributed by atoms with van der Waals surface area (Å²) in [6.07, 6.45) is 0. The molecule has 0 aliphatic rings. The molecule has 0 aliphatic carbocycles. The van der Waals surface area contributed by atoms with Crippen LogP contribution in [0.3, 0.4) is 0 Å². The van der Waals surface area contributed by atoms with Crippen LogP contribution >= 0.6 is 0 Å². The van der Waals surface area contributed by atoms with E-state index in [-0.39, 0.29) is 11.4 Å². The molecule has 0 aliphatic heterocycles. The third-order valence-corrected chi connectivity index (χ3v) is 3.39. The van der Waals surface area contributed by atoms with Gasteiger partial charge in [0.15, 0.2) is 0 Å². The molecule has 0 spiro atoms. The number of carbonyl (C=O) groups is 1. The molecule has 3 aromatic rings. The molecular weight excluding hydrogens is 285 g/mol. The maximum absolute atomic E-state index is 13.0. The van der Waals surface area contributed by atoms with Crippen molar-refractivity contribution in [1.29, 1.82) is 0 Å². The Bertz CT molecular complexity index is 860. The summed E-state index contributed by atoms with van der Waals surface area (Å²) in [4.78, 5) is 16.0. The summed E-state index contributed by atoms with van der Waals surface area (Å²) in [7, 11) is 1.50. The summed E-state index contributed by atoms with van der Waals surface area (Å²) in [5.74, 6) is -0.923. The number of aromatic nitrogens is 1. The lowest BCUT2D eigenvalue weighted by Gasteiger charge is -2.10. The predicted octanol–water partition coefficient (Wildman–Crippen LogP) is 3.75. The monoisotopic (exact) mass is 297 g/mol. The lowest BCUT2D eigenvalue weighted by atomic mass is 10.0. The number of hydrogen-bond acceptors (Lipinski definition) is 3. The Balaban J connectivity index is 2.32. The maximum Gasteiger partial charge on any atom is 0.336 e. The van der Waals surface area contributed by atoms with Gasteiger partial charge in [0.1, 0.15) is 17.1 Å². The molecule has 2 aromatic carbocycles. The van der Waals surface area contributed by atoms with Crippen LogP contribution in [0, 0.1) is 5.82 Å². The number of fused-ring (bicyclic) bond motifs is 1. The number of carboxylic acid groups (broad SMARTS) is 1. The number of hydrogen-bond donors (Lipinski definition) is 1. The number of para-hydroxylation sites is 1. The molecule has 0 saturated heterocycles. The molecule has 1 N–H and O–H groups in total. The van der Waals surface area contributed by atoms with Crippen LogP contribution in [0.5, 0.6) is 5.75 Å². The molecule has 3 rings (SSSR count). The highest BCUT2D eigenvalue weighted by atomic mass is 19.1. The van der Waals surface area contributed by atoms with Gasteiger partial charge in [-0.2, -0.15) is 0 Å². The Morgan fingerprint density at radius 1 is 1.18 bits per heavy atom. The molecule has 0 bridgehead atoms. The molecule has 0 radical (unpaired) electrons. The average molecular weight is 297 g/mol. The first kappa shape index (κ1) is 14.0. The Labute approximate surface area is 125 Å². The number of rotatable bonds is 3. The van der Waals surface area contributed by atoms with E-state index in [9.17, 15) is 14.3 Å². The van der Waals surface area contributed by atoms with Gasteiger partial charge in [0.05, 0.1) is 18.4 Å². The van der Waals surface area contributed by atoms with Crippen molar-refractivity contribution in [3.8, 4) is 17.0 Å². The van der Waals surface area contributed by atoms with Crippen molar-refractivity contribution in [2.24, 2.45) is 0 Å². The molecule has 4 nitrogen and oxygen atoms in total. The van der Waals surface area contributed by atoms with Crippen molar-refractivity contribution in [2.45, 2.75) is 0 Å². The summed E-state index contributed by atoms with van der Waals surface area (Å²) >= 11 is 0. The van der Waals surface area contributed by atoms with Crippen molar-refractivity contribution in [1.82, 2.24) is 4.98 Å². The van der Waals surface area contributed by atoms with Gasteiger partial charge in [-0.3, -0.25) is 0 Å². The maximum atomic E-state index is 13.0. The van der Waals surface area contributed by atoms with Crippen molar-refractivity contribution in [2.75, 3.05) is 7.11 Å². The van der Waals surface area contributed by atoms with Crippen LogP contribution in [0.2, 0.25) is 0 Å². The van der Waals surface area contributed by atoms with Crippen LogP contribution in [0.25, 0.3) is 22.2 Å². The number of benzene rings is 2. The summed E-state index contributed by atoms with van der Waals surface area (Å²) in [5, 5.41) is 9.93. The van der Waals surface area contributed by atoms with Crippen LogP contribution < -0.4 is 4.74 Å². The molecule has 1 aromatic heterocycles. The van der Waals surface area contributed by atoms with E-state index in [2.05, 4.69) is 4.98 Å². The first-order valence-electron chi connectivity index (χ1n) is 6.57. The van der Waals surface area contributed by atoms with Gasteiger partial charge in [0, 0.05) is 10.9 Å². The van der Waals surface area contributed by atoms with Gasteiger partial charge in [-0.25, -0.2) is 14.2 Å². The minimum atomic E-state index is -1.05. The van der Waals surface area contributed by atoms with Gasteiger partial charge in [-0.15, -0.1) is 0 Å². The number of ether oxygens (including phenoxy) is 1. The van der Waals surface area contributed by atoms with Crippen LogP contribution in [-0.2, 0) is 0 Å². The fourth-order valence-corrected chi connectivity index (χ4v) is 2.33. The fraction of sp³-hybridized carbons (Fsp3) is 0.0588. The van der Waals surface area contributed by atoms with Gasteiger partial charge in [-0.05, 0) is 36.4 Å². The lowest BCUT2D eigenvalue weighted by molar-refractivity contribution is 0.0699. The van der Waals surface area contributed by atoms with Crippen LogP contribution in [0.1, 0.15) is 10.4 Å². The normalized spacial score (nSPS) is 10.6. The topological polar surface area (TPSA) is 59.4 Å². The summed E-state index contributed by atoms with van der Waals surface area (Å²) in [6.45, 7) is 0. The third kappa shape index (κ3) is 2.37. The van der Waals surface area contributed by atoms with E-state index in [4.69, 9.17) is 4.74 Å². The first-order chi connectivity index (χ1) is 10.6. The number of pyridine rings is 1. The Kier molecular flexibility index (Phi) is 3.47. The quantitative estimate of drug-likeness (QED) is 0.800. The van der Waals surface area contributed by atoms with E-state index in [1.807, 2.05) is 0 Å². The molecule has 0 fully saturated rings. The van der Waals surface area contributed by atoms with Crippen molar-refractivity contribution in [3.05, 3.63) is 59.9 Å². The van der Waals surface area contributed by atoms with E-state index in [1.165, 1.54) is 25.3 Å². The molecule has 22 heavy (non-hydrogen) atoms. The highest BCUT2D eigenvalue weighted by Gasteiger charge is 2.15. The number of halogens is 1. The zero-order valence-electron chi connectivity index (χ0n) is 11.7. The van der Waals surface area contributed by atoms with Crippen LogP contribution in [0.4, 0.5) is 4.39 Å². The molecule has 110 valence electrons. The summed E-state index contributed by atoms with van der Waals surface area (Å²) in [5.41, 5.74) is 1.68. The third-order valence-electron chi connectivity index (χ3n) is 3.39. The fourth-order valence-electron chi connectivity index (χ4n) is 2.33. The molecule has 1 heterocycles. The SMILES string of the molecule is COc1cccc2c(C(=O)O)cc(-c3ccc(F)cc3)nc12. The summed E-state index contributed by atoms with van der Waals surface area (Å²) < 4.78 is 18.3. The molecule has 0 amide bonds. The van der Waals surface area contributed by atoms with Crippen LogP contribution in [-0.4, -0.2) is 23.2 Å². The second kappa shape index (κ2) is 5.44. The lowest BCUT2D eigenvalue weighted by Crippen LogP contribution is -2.01. The van der Waals surface area contributed by atoms with E-state index >= 15 is 0 Å². The zero-order valence-corrected chi connectivity index (χ0v) is 11.7. The van der Waals surface area contributed by atoms with Crippen molar-refractivity contribution >= 4 is 16.9 Å². The Hall–Kier alpha value is -2.95. The Morgan fingerprint density at radius 2 is 1.91 bits per heavy atom. The standard InChI is InChI=1S/C17H12FNO3/c1-22-15-4-2-3-12-13(17(20)21)9-14(19-16(12)15)10-5-7-11(18)8-6-10/h2-9H,1H3,(H,20,21). The molecular formula is C17H12FNO3.